The summed E-state index contributed by atoms with van der Waals surface area (Å²) in [6.45, 7) is 5.25. The number of nitrogens with one attached hydrogen (secondary N) is 1. The van der Waals surface area contributed by atoms with E-state index in [1.54, 1.807) is 6.08 Å². The maximum atomic E-state index is 9.50. The first-order valence-electron chi connectivity index (χ1n) is 3.33. The van der Waals surface area contributed by atoms with Gasteiger partial charge >= 0.3 is 0 Å². The van der Waals surface area contributed by atoms with Crippen LogP contribution < -0.4 is 5.32 Å². The van der Waals surface area contributed by atoms with Crippen molar-refractivity contribution >= 4 is 0 Å². The Morgan fingerprint density at radius 2 is 2.44 bits per heavy atom. The Hall–Kier alpha value is -0.340. The number of hydrogen-bond acceptors (Lipinski definition) is 2. The van der Waals surface area contributed by atoms with Gasteiger partial charge in [0, 0.05) is 6.54 Å². The molecular weight excluding hydrogens is 114 g/mol. The summed E-state index contributed by atoms with van der Waals surface area (Å²) in [6, 6.07) is 0. The van der Waals surface area contributed by atoms with Crippen molar-refractivity contribution in [3.8, 4) is 0 Å². The van der Waals surface area contributed by atoms with Gasteiger partial charge in [-0.2, -0.15) is 0 Å². The van der Waals surface area contributed by atoms with E-state index >= 15 is 0 Å². The Morgan fingerprint density at radius 1 is 1.67 bits per heavy atom. The average Bonchev–Trinajstić information content (AvgIpc) is 1.90. The van der Waals surface area contributed by atoms with Crippen LogP contribution in [0.25, 0.3) is 0 Å². The molecule has 1 heterocycles. The molecule has 1 saturated heterocycles. The van der Waals surface area contributed by atoms with Gasteiger partial charge in [-0.3, -0.25) is 0 Å². The van der Waals surface area contributed by atoms with Gasteiger partial charge < -0.3 is 10.4 Å². The molecule has 2 heteroatoms. The number of β-amino-alcohol motifs (C(OH)–C–C–N with tert-alkyl or cyclic N) is 1. The van der Waals surface area contributed by atoms with Gasteiger partial charge in [-0.25, -0.2) is 0 Å². The summed E-state index contributed by atoms with van der Waals surface area (Å²) in [5.74, 6) is 0. The van der Waals surface area contributed by atoms with Crippen LogP contribution >= 0.6 is 0 Å². The Bertz CT molecular complexity index is 105. The summed E-state index contributed by atoms with van der Waals surface area (Å²) >= 11 is 0. The molecule has 0 aromatic rings. The second kappa shape index (κ2) is 2.50. The minimum Gasteiger partial charge on any atom is -0.384 e. The maximum absolute atomic E-state index is 9.50. The topological polar surface area (TPSA) is 32.3 Å². The molecule has 52 valence electrons. The lowest BCUT2D eigenvalue weighted by Crippen LogP contribution is -2.43. The highest BCUT2D eigenvalue weighted by Gasteiger charge is 2.24. The van der Waals surface area contributed by atoms with Gasteiger partial charge in [0.2, 0.25) is 0 Å². The average molecular weight is 127 g/mol. The van der Waals surface area contributed by atoms with Crippen LogP contribution in [-0.2, 0) is 0 Å². The first-order chi connectivity index (χ1) is 4.27. The minimum absolute atomic E-state index is 0.627. The summed E-state index contributed by atoms with van der Waals surface area (Å²) in [7, 11) is 0. The summed E-state index contributed by atoms with van der Waals surface area (Å²) < 4.78 is 0. The van der Waals surface area contributed by atoms with Crippen LogP contribution in [0.4, 0.5) is 0 Å². The Labute approximate surface area is 55.6 Å². The molecule has 1 aliphatic rings. The van der Waals surface area contributed by atoms with Crippen LogP contribution in [0.3, 0.4) is 0 Å². The van der Waals surface area contributed by atoms with E-state index in [1.165, 1.54) is 0 Å². The van der Waals surface area contributed by atoms with Crippen LogP contribution in [0.1, 0.15) is 12.8 Å². The van der Waals surface area contributed by atoms with Crippen molar-refractivity contribution in [3.05, 3.63) is 12.7 Å². The van der Waals surface area contributed by atoms with E-state index in [9.17, 15) is 5.11 Å². The lowest BCUT2D eigenvalue weighted by Gasteiger charge is -2.29. The fourth-order valence-electron chi connectivity index (χ4n) is 1.09. The molecule has 9 heavy (non-hydrogen) atoms. The van der Waals surface area contributed by atoms with Crippen LogP contribution in [0.2, 0.25) is 0 Å². The molecule has 1 rings (SSSR count). The highest BCUT2D eigenvalue weighted by atomic mass is 16.3. The van der Waals surface area contributed by atoms with Crippen molar-refractivity contribution in [1.29, 1.82) is 0 Å². The number of piperidine rings is 1. The third kappa shape index (κ3) is 1.53. The standard InChI is InChI=1S/C7H13NO/c1-2-7(9)4-3-5-8-6-7/h2,8-9H,1,3-6H2. The molecule has 1 fully saturated rings. The van der Waals surface area contributed by atoms with E-state index in [2.05, 4.69) is 11.9 Å². The fourth-order valence-corrected chi connectivity index (χ4v) is 1.09. The molecule has 0 bridgehead atoms. The predicted molar refractivity (Wildman–Crippen MR) is 37.3 cm³/mol. The van der Waals surface area contributed by atoms with Crippen LogP contribution in [0.5, 0.6) is 0 Å². The molecule has 0 aromatic carbocycles. The molecule has 1 unspecified atom stereocenters. The summed E-state index contributed by atoms with van der Waals surface area (Å²) in [4.78, 5) is 0. The largest absolute Gasteiger partial charge is 0.384 e. The zero-order valence-corrected chi connectivity index (χ0v) is 5.56. The van der Waals surface area contributed by atoms with Crippen molar-refractivity contribution < 1.29 is 5.11 Å². The molecule has 0 saturated carbocycles. The van der Waals surface area contributed by atoms with E-state index in [1.807, 2.05) is 0 Å². The normalized spacial score (nSPS) is 36.1. The summed E-state index contributed by atoms with van der Waals surface area (Å²) in [5.41, 5.74) is -0.627. The molecule has 2 nitrogen and oxygen atoms in total. The van der Waals surface area contributed by atoms with E-state index in [4.69, 9.17) is 0 Å². The number of hydrogen-bond donors (Lipinski definition) is 2. The Morgan fingerprint density at radius 3 is 2.78 bits per heavy atom. The third-order valence-corrected chi connectivity index (χ3v) is 1.77. The molecule has 0 spiro atoms. The van der Waals surface area contributed by atoms with Gasteiger partial charge in [-0.1, -0.05) is 6.08 Å². The van der Waals surface area contributed by atoms with Gasteiger partial charge in [0.1, 0.15) is 0 Å². The van der Waals surface area contributed by atoms with Crippen LogP contribution in [-0.4, -0.2) is 23.8 Å². The van der Waals surface area contributed by atoms with Crippen molar-refractivity contribution in [1.82, 2.24) is 5.32 Å². The van der Waals surface area contributed by atoms with Crippen molar-refractivity contribution in [2.24, 2.45) is 0 Å². The summed E-state index contributed by atoms with van der Waals surface area (Å²) in [6.07, 6.45) is 3.52. The second-order valence-corrected chi connectivity index (χ2v) is 2.59. The van der Waals surface area contributed by atoms with Crippen LogP contribution in [0.15, 0.2) is 12.7 Å². The molecule has 1 atom stereocenters. The highest BCUT2D eigenvalue weighted by molar-refractivity contribution is 4.99. The van der Waals surface area contributed by atoms with Gasteiger partial charge in [-0.15, -0.1) is 6.58 Å². The molecule has 0 aromatic heterocycles. The molecule has 0 radical (unpaired) electrons. The predicted octanol–water partition coefficient (Wildman–Crippen LogP) is 0.287. The zero-order chi connectivity index (χ0) is 6.74. The first-order valence-corrected chi connectivity index (χ1v) is 3.33. The molecule has 2 N–H and O–H groups in total. The van der Waals surface area contributed by atoms with E-state index in [0.29, 0.717) is 6.54 Å². The molecule has 0 amide bonds. The number of rotatable bonds is 1. The van der Waals surface area contributed by atoms with Crippen LogP contribution in [0, 0.1) is 0 Å². The van der Waals surface area contributed by atoms with Crippen molar-refractivity contribution in [2.75, 3.05) is 13.1 Å². The quantitative estimate of drug-likeness (QED) is 0.496. The first kappa shape index (κ1) is 6.78. The van der Waals surface area contributed by atoms with E-state index in [-0.39, 0.29) is 0 Å². The SMILES string of the molecule is C=CC1(O)CCCNC1. The monoisotopic (exact) mass is 127 g/mol. The fraction of sp³-hybridized carbons (Fsp3) is 0.714. The lowest BCUT2D eigenvalue weighted by atomic mass is 9.95. The second-order valence-electron chi connectivity index (χ2n) is 2.59. The van der Waals surface area contributed by atoms with Gasteiger partial charge in [-0.05, 0) is 19.4 Å². The van der Waals surface area contributed by atoms with E-state index < -0.39 is 5.60 Å². The third-order valence-electron chi connectivity index (χ3n) is 1.77. The highest BCUT2D eigenvalue weighted by Crippen LogP contribution is 2.15. The minimum atomic E-state index is -0.627. The van der Waals surface area contributed by atoms with Gasteiger partial charge in [0.05, 0.1) is 5.60 Å². The smallest absolute Gasteiger partial charge is 0.0949 e. The van der Waals surface area contributed by atoms with Gasteiger partial charge in [0.25, 0.3) is 0 Å². The van der Waals surface area contributed by atoms with E-state index in [0.717, 1.165) is 19.4 Å². The molecular formula is C7H13NO. The molecule has 0 aliphatic carbocycles. The van der Waals surface area contributed by atoms with Crippen molar-refractivity contribution in [3.63, 3.8) is 0 Å². The Kier molecular flexibility index (Phi) is 1.88. The Balaban J connectivity index is 2.46. The van der Waals surface area contributed by atoms with Crippen molar-refractivity contribution in [2.45, 2.75) is 18.4 Å². The number of aliphatic hydroxyl groups is 1. The zero-order valence-electron chi connectivity index (χ0n) is 5.56. The van der Waals surface area contributed by atoms with Gasteiger partial charge in [0.15, 0.2) is 0 Å². The maximum Gasteiger partial charge on any atom is 0.0949 e. The lowest BCUT2D eigenvalue weighted by molar-refractivity contribution is 0.0643. The summed E-state index contributed by atoms with van der Waals surface area (Å²) in [5, 5.41) is 12.6. The molecule has 1 aliphatic heterocycles.